The number of methoxy groups -OCH3 is 1. The summed E-state index contributed by atoms with van der Waals surface area (Å²) < 4.78 is 31.0. The van der Waals surface area contributed by atoms with Crippen LogP contribution in [0.15, 0.2) is 29.3 Å². The zero-order valence-corrected chi connectivity index (χ0v) is 13.7. The van der Waals surface area contributed by atoms with E-state index in [1.165, 1.54) is 25.4 Å². The minimum absolute atomic E-state index is 0.0786. The molecule has 3 aliphatic rings. The Morgan fingerprint density at radius 1 is 1.42 bits per heavy atom. The maximum absolute atomic E-state index is 13.9. The minimum Gasteiger partial charge on any atom is -0.467 e. The van der Waals surface area contributed by atoms with Crippen LogP contribution < -0.4 is 10.3 Å². The molecule has 1 N–H and O–H groups in total. The first-order valence-corrected chi connectivity index (χ1v) is 7.75. The van der Waals surface area contributed by atoms with Crippen molar-refractivity contribution < 1.29 is 23.4 Å². The largest absolute Gasteiger partial charge is 0.467 e. The molecule has 0 spiro atoms. The number of rotatable bonds is 3. The summed E-state index contributed by atoms with van der Waals surface area (Å²) in [5.74, 6) is -0.503. The molecule has 0 aromatic heterocycles. The lowest BCUT2D eigenvalue weighted by Gasteiger charge is -2.21. The molecule has 134 valence electrons. The summed E-state index contributed by atoms with van der Waals surface area (Å²) in [4.78, 5) is 24.0. The Hall–Kier alpha value is -3.20. The highest BCUT2D eigenvalue weighted by Crippen LogP contribution is 2.30. The third-order valence-corrected chi connectivity index (χ3v) is 4.12. The molecule has 9 heteroatoms. The predicted octanol–water partition coefficient (Wildman–Crippen LogP) is 1.52. The smallest absolute Gasteiger partial charge is 0.341 e. The zero-order valence-electron chi connectivity index (χ0n) is 13.7. The molecule has 0 amide bonds. The standard InChI is InChI=1S/C17H14FN3O5/c1-24-17(23)13-6-21(5-12-14(13)19-20-16(12)22)4-9-2-11(18)3-10-7-25-8-26-15(9)10/h2-3,5-6H,4,7-8H2,1H3,(H,20,22). The van der Waals surface area contributed by atoms with Gasteiger partial charge in [0.15, 0.2) is 6.79 Å². The number of nitrogens with zero attached hydrogens (tertiary/aromatic N) is 2. The van der Waals surface area contributed by atoms with Gasteiger partial charge in [-0.1, -0.05) is 0 Å². The SMILES string of the molecule is COC(=O)c1cn(Cc2cc(F)cc3c2OCOC3)cc2c(=O)[nH]nc1-2. The van der Waals surface area contributed by atoms with E-state index < -0.39 is 17.3 Å². The van der Waals surface area contributed by atoms with Gasteiger partial charge in [0.2, 0.25) is 0 Å². The van der Waals surface area contributed by atoms with Gasteiger partial charge in [-0.15, -0.1) is 0 Å². The number of carbonyl (C=O) groups excluding carboxylic acids is 1. The third-order valence-electron chi connectivity index (χ3n) is 4.12. The lowest BCUT2D eigenvalue weighted by molar-refractivity contribution is -0.0173. The van der Waals surface area contributed by atoms with Gasteiger partial charge >= 0.3 is 5.97 Å². The van der Waals surface area contributed by atoms with Crippen molar-refractivity contribution in [2.75, 3.05) is 13.9 Å². The van der Waals surface area contributed by atoms with Crippen molar-refractivity contribution in [3.05, 3.63) is 57.4 Å². The monoisotopic (exact) mass is 359 g/mol. The molecule has 0 atom stereocenters. The number of halogens is 1. The topological polar surface area (TPSA) is 95.4 Å². The van der Waals surface area contributed by atoms with Crippen LogP contribution in [0, 0.1) is 5.82 Å². The molecule has 1 aromatic rings. The molecule has 3 heterocycles. The van der Waals surface area contributed by atoms with Crippen LogP contribution in [-0.2, 0) is 22.6 Å². The summed E-state index contributed by atoms with van der Waals surface area (Å²) in [6.45, 7) is 0.517. The number of benzene rings is 1. The fourth-order valence-corrected chi connectivity index (χ4v) is 3.01. The minimum atomic E-state index is -0.623. The summed E-state index contributed by atoms with van der Waals surface area (Å²) in [5, 5.41) is 6.19. The van der Waals surface area contributed by atoms with Crippen molar-refractivity contribution in [2.45, 2.75) is 13.2 Å². The van der Waals surface area contributed by atoms with Crippen molar-refractivity contribution in [3.8, 4) is 17.0 Å². The van der Waals surface area contributed by atoms with E-state index >= 15 is 0 Å². The average Bonchev–Trinajstić information content (AvgIpc) is 3.01. The van der Waals surface area contributed by atoms with E-state index in [9.17, 15) is 14.0 Å². The van der Waals surface area contributed by atoms with Gasteiger partial charge in [-0.25, -0.2) is 14.3 Å². The van der Waals surface area contributed by atoms with Gasteiger partial charge in [-0.2, -0.15) is 5.10 Å². The molecular formula is C17H14FN3O5. The summed E-state index contributed by atoms with van der Waals surface area (Å²) in [5.41, 5.74) is 1.35. The second kappa shape index (κ2) is 6.26. The quantitative estimate of drug-likeness (QED) is 0.713. The van der Waals surface area contributed by atoms with Crippen LogP contribution in [0.2, 0.25) is 0 Å². The van der Waals surface area contributed by atoms with E-state index in [2.05, 4.69) is 10.2 Å². The van der Waals surface area contributed by atoms with Gasteiger partial charge in [0.1, 0.15) is 22.8 Å². The van der Waals surface area contributed by atoms with Gasteiger partial charge in [-0.05, 0) is 12.1 Å². The number of nitrogens with one attached hydrogen (secondary N) is 1. The van der Waals surface area contributed by atoms with E-state index in [1.807, 2.05) is 0 Å². The first kappa shape index (κ1) is 16.3. The molecule has 0 saturated heterocycles. The number of aromatic amines is 1. The molecule has 0 unspecified atom stereocenters. The second-order valence-corrected chi connectivity index (χ2v) is 5.81. The Balaban J connectivity index is 1.82. The van der Waals surface area contributed by atoms with Crippen molar-refractivity contribution >= 4 is 5.97 Å². The Morgan fingerprint density at radius 3 is 3.08 bits per heavy atom. The maximum atomic E-state index is 13.9. The number of esters is 1. The Labute approximate surface area is 146 Å². The van der Waals surface area contributed by atoms with E-state index in [1.54, 1.807) is 10.8 Å². The van der Waals surface area contributed by atoms with Gasteiger partial charge in [-0.3, -0.25) is 4.79 Å². The molecule has 0 radical (unpaired) electrons. The molecule has 0 saturated carbocycles. The zero-order chi connectivity index (χ0) is 18.3. The summed E-state index contributed by atoms with van der Waals surface area (Å²) >= 11 is 0. The molecule has 3 aliphatic heterocycles. The maximum Gasteiger partial charge on any atom is 0.341 e. The molecular weight excluding hydrogens is 345 g/mol. The molecule has 26 heavy (non-hydrogen) atoms. The molecule has 0 bridgehead atoms. The second-order valence-electron chi connectivity index (χ2n) is 5.81. The summed E-state index contributed by atoms with van der Waals surface area (Å²) in [6.07, 6.45) is 3.05. The van der Waals surface area contributed by atoms with Gasteiger partial charge < -0.3 is 18.8 Å². The highest BCUT2D eigenvalue weighted by Gasteiger charge is 2.23. The number of fused-ring (bicyclic) bond motifs is 2. The average molecular weight is 359 g/mol. The van der Waals surface area contributed by atoms with Crippen LogP contribution in [0.1, 0.15) is 21.5 Å². The van der Waals surface area contributed by atoms with E-state index in [0.717, 1.165) is 0 Å². The van der Waals surface area contributed by atoms with Crippen LogP contribution in [0.5, 0.6) is 5.75 Å². The van der Waals surface area contributed by atoms with Crippen LogP contribution in [-0.4, -0.2) is 34.6 Å². The molecule has 0 fully saturated rings. The molecule has 8 nitrogen and oxygen atoms in total. The first-order chi connectivity index (χ1) is 12.6. The third kappa shape index (κ3) is 2.72. The van der Waals surface area contributed by atoms with Crippen molar-refractivity contribution in [2.24, 2.45) is 0 Å². The number of pyridine rings is 1. The molecule has 1 aromatic carbocycles. The van der Waals surface area contributed by atoms with E-state index in [4.69, 9.17) is 14.2 Å². The number of carbonyl (C=O) groups is 1. The van der Waals surface area contributed by atoms with E-state index in [0.29, 0.717) is 16.9 Å². The fourth-order valence-electron chi connectivity index (χ4n) is 3.01. The Bertz CT molecular complexity index is 1030. The van der Waals surface area contributed by atoms with Crippen LogP contribution in [0.4, 0.5) is 4.39 Å². The highest BCUT2D eigenvalue weighted by molar-refractivity contribution is 5.95. The van der Waals surface area contributed by atoms with Gasteiger partial charge in [0.25, 0.3) is 5.56 Å². The van der Waals surface area contributed by atoms with Crippen LogP contribution >= 0.6 is 0 Å². The molecule has 4 rings (SSSR count). The normalized spacial score (nSPS) is 13.3. The van der Waals surface area contributed by atoms with Crippen molar-refractivity contribution in [3.63, 3.8) is 0 Å². The lowest BCUT2D eigenvalue weighted by Crippen LogP contribution is -2.16. The molecule has 0 aliphatic carbocycles. The Kier molecular flexibility index (Phi) is 3.92. The number of aromatic nitrogens is 3. The number of ether oxygens (including phenoxy) is 3. The number of hydrogen-bond acceptors (Lipinski definition) is 6. The van der Waals surface area contributed by atoms with Crippen molar-refractivity contribution in [1.29, 1.82) is 0 Å². The van der Waals surface area contributed by atoms with Gasteiger partial charge in [0, 0.05) is 23.5 Å². The van der Waals surface area contributed by atoms with Gasteiger partial charge in [0.05, 0.1) is 25.8 Å². The van der Waals surface area contributed by atoms with Crippen LogP contribution in [0.25, 0.3) is 11.3 Å². The summed E-state index contributed by atoms with van der Waals surface area (Å²) in [7, 11) is 1.24. The van der Waals surface area contributed by atoms with E-state index in [-0.39, 0.29) is 36.8 Å². The van der Waals surface area contributed by atoms with Crippen LogP contribution in [0.3, 0.4) is 0 Å². The first-order valence-electron chi connectivity index (χ1n) is 7.75. The Morgan fingerprint density at radius 2 is 2.27 bits per heavy atom. The predicted molar refractivity (Wildman–Crippen MR) is 86.6 cm³/mol. The summed E-state index contributed by atoms with van der Waals surface area (Å²) in [6, 6.07) is 2.71. The highest BCUT2D eigenvalue weighted by atomic mass is 19.1. The fraction of sp³-hybridized carbons (Fsp3) is 0.235. The number of H-pyrrole nitrogens is 1. The number of hydrogen-bond donors (Lipinski definition) is 1. The lowest BCUT2D eigenvalue weighted by atomic mass is 10.1. The van der Waals surface area contributed by atoms with Crippen molar-refractivity contribution in [1.82, 2.24) is 14.8 Å².